The number of rotatable bonds is 0. The van der Waals surface area contributed by atoms with Crippen molar-refractivity contribution < 1.29 is 0 Å². The van der Waals surface area contributed by atoms with Gasteiger partial charge in [-0.25, -0.2) is 0 Å². The zero-order chi connectivity index (χ0) is 18.8. The van der Waals surface area contributed by atoms with Crippen molar-refractivity contribution in [2.24, 2.45) is 0 Å². The summed E-state index contributed by atoms with van der Waals surface area (Å²) in [5.74, 6) is 0. The second kappa shape index (κ2) is 5.37. The molecule has 132 valence electrons. The highest BCUT2D eigenvalue weighted by molar-refractivity contribution is 5.79. The molecule has 25 heavy (non-hydrogen) atoms. The van der Waals surface area contributed by atoms with E-state index in [4.69, 9.17) is 7.05 Å². The first-order chi connectivity index (χ1) is 11.3. The van der Waals surface area contributed by atoms with E-state index in [1.807, 2.05) is 4.90 Å². The molecule has 0 N–H and O–H groups in total. The minimum Gasteiger partial charge on any atom is -0.333 e. The first-order valence-corrected chi connectivity index (χ1v) is 9.18. The molecule has 0 unspecified atom stereocenters. The summed E-state index contributed by atoms with van der Waals surface area (Å²) in [7, 11) is 6.53. The summed E-state index contributed by atoms with van der Waals surface area (Å²) in [5.41, 5.74) is 7.69. The number of fused-ring (bicyclic) bond motifs is 2. The van der Waals surface area contributed by atoms with Gasteiger partial charge in [0.1, 0.15) is 0 Å². The van der Waals surface area contributed by atoms with Crippen molar-refractivity contribution in [2.75, 3.05) is 4.90 Å². The highest BCUT2D eigenvalue weighted by atomic mass is 15.1. The Morgan fingerprint density at radius 1 is 0.720 bits per heavy atom. The lowest BCUT2D eigenvalue weighted by atomic mass is 9.70. The zero-order valence-corrected chi connectivity index (χ0v) is 17.0. The van der Waals surface area contributed by atoms with Crippen LogP contribution in [0.3, 0.4) is 0 Å². The Bertz CT molecular complexity index is 745. The zero-order valence-electron chi connectivity index (χ0n) is 17.0. The fourth-order valence-corrected chi connectivity index (χ4v) is 3.70. The second-order valence-electron chi connectivity index (χ2n) is 9.96. The van der Waals surface area contributed by atoms with Gasteiger partial charge in [-0.15, -0.1) is 0 Å². The summed E-state index contributed by atoms with van der Waals surface area (Å²) in [6, 6.07) is 13.5. The van der Waals surface area contributed by atoms with Gasteiger partial charge in [-0.1, -0.05) is 79.7 Å². The summed E-state index contributed by atoms with van der Waals surface area (Å²) < 4.78 is 0. The van der Waals surface area contributed by atoms with Crippen molar-refractivity contribution in [3.63, 3.8) is 0 Å². The van der Waals surface area contributed by atoms with E-state index in [0.29, 0.717) is 0 Å². The second-order valence-corrected chi connectivity index (χ2v) is 9.96. The molecule has 0 aliphatic carbocycles. The van der Waals surface area contributed by atoms with E-state index in [1.165, 1.54) is 22.3 Å². The number of anilines is 2. The van der Waals surface area contributed by atoms with Crippen LogP contribution >= 0.6 is 0 Å². The van der Waals surface area contributed by atoms with E-state index in [1.54, 1.807) is 0 Å². The fourth-order valence-electron chi connectivity index (χ4n) is 3.70. The van der Waals surface area contributed by atoms with Gasteiger partial charge in [0.25, 0.3) is 0 Å². The maximum absolute atomic E-state index is 6.53. The molecule has 1 aliphatic rings. The van der Waals surface area contributed by atoms with Crippen LogP contribution in [0.1, 0.15) is 77.6 Å². The van der Waals surface area contributed by atoms with Crippen LogP contribution in [0.2, 0.25) is 0 Å². The lowest BCUT2D eigenvalue weighted by molar-refractivity contribution is 0.573. The first kappa shape index (κ1) is 18.0. The smallest absolute Gasteiger partial charge is 0.0799 e. The first-order valence-electron chi connectivity index (χ1n) is 9.18. The largest absolute Gasteiger partial charge is 0.333 e. The van der Waals surface area contributed by atoms with Crippen molar-refractivity contribution in [3.05, 3.63) is 65.7 Å². The fraction of sp³-hybridized carbons (Fsp3) is 0.458. The molecule has 0 saturated heterocycles. The third-order valence-corrected chi connectivity index (χ3v) is 5.59. The minimum atomic E-state index is -0.0803. The molecule has 2 radical (unpaired) electrons. The van der Waals surface area contributed by atoms with Crippen LogP contribution in [0.15, 0.2) is 36.4 Å². The van der Waals surface area contributed by atoms with Gasteiger partial charge in [0.15, 0.2) is 0 Å². The van der Waals surface area contributed by atoms with Crippen molar-refractivity contribution in [2.45, 2.75) is 71.6 Å². The van der Waals surface area contributed by atoms with Crippen LogP contribution in [-0.4, -0.2) is 0 Å². The molecule has 0 aromatic heterocycles. The SMILES string of the molecule is [CH]N1c2ccc(C(C)(C)C)cc2C(C)(C)c2cc(C(C)(C)C)ccc21. The average molecular weight is 334 g/mol. The summed E-state index contributed by atoms with van der Waals surface area (Å²) in [4.78, 5) is 1.86. The van der Waals surface area contributed by atoms with Crippen LogP contribution in [0.5, 0.6) is 0 Å². The van der Waals surface area contributed by atoms with E-state index >= 15 is 0 Å². The molecule has 1 aliphatic heterocycles. The molecular weight excluding hydrogens is 302 g/mol. The lowest BCUT2D eigenvalue weighted by Crippen LogP contribution is -2.31. The van der Waals surface area contributed by atoms with Gasteiger partial charge in [0, 0.05) is 16.8 Å². The third-order valence-electron chi connectivity index (χ3n) is 5.59. The van der Waals surface area contributed by atoms with Gasteiger partial charge < -0.3 is 4.90 Å². The molecule has 0 saturated carbocycles. The van der Waals surface area contributed by atoms with Crippen LogP contribution in [0.4, 0.5) is 11.4 Å². The van der Waals surface area contributed by atoms with Crippen LogP contribution in [-0.2, 0) is 16.2 Å². The molecule has 0 atom stereocenters. The molecule has 1 heterocycles. The van der Waals surface area contributed by atoms with Crippen LogP contribution in [0, 0.1) is 7.05 Å². The Balaban J connectivity index is 2.24. The van der Waals surface area contributed by atoms with Crippen molar-refractivity contribution in [1.82, 2.24) is 0 Å². The maximum Gasteiger partial charge on any atom is 0.0799 e. The standard InChI is InChI=1S/C24H31N/c1-22(2,3)16-10-12-20-18(14-16)24(7,8)19-15-17(23(4,5)6)11-13-21(19)25(20)9/h9-15H,1-8H3. The molecular formula is C24H31N. The predicted octanol–water partition coefficient (Wildman–Crippen LogP) is 6.73. The van der Waals surface area contributed by atoms with Crippen LogP contribution < -0.4 is 4.90 Å². The normalized spacial score (nSPS) is 16.4. The van der Waals surface area contributed by atoms with Gasteiger partial charge in [-0.2, -0.15) is 0 Å². The highest BCUT2D eigenvalue weighted by Gasteiger charge is 2.36. The molecule has 0 fully saturated rings. The van der Waals surface area contributed by atoms with Crippen molar-refractivity contribution in [3.8, 4) is 0 Å². The van der Waals surface area contributed by atoms with E-state index in [-0.39, 0.29) is 16.2 Å². The molecule has 2 aromatic rings. The summed E-state index contributed by atoms with van der Waals surface area (Å²) >= 11 is 0. The number of nitrogens with zero attached hydrogens (tertiary/aromatic N) is 1. The molecule has 1 heteroatoms. The highest BCUT2D eigenvalue weighted by Crippen LogP contribution is 2.50. The molecule has 0 spiro atoms. The maximum atomic E-state index is 6.53. The Hall–Kier alpha value is -1.76. The Labute approximate surface area is 154 Å². The van der Waals surface area contributed by atoms with E-state index < -0.39 is 0 Å². The summed E-state index contributed by atoms with van der Waals surface area (Å²) in [5, 5.41) is 0. The summed E-state index contributed by atoms with van der Waals surface area (Å²) in [6.07, 6.45) is 0. The molecule has 3 rings (SSSR count). The van der Waals surface area contributed by atoms with Gasteiger partial charge in [0.2, 0.25) is 0 Å². The van der Waals surface area contributed by atoms with Crippen molar-refractivity contribution in [1.29, 1.82) is 0 Å². The number of hydrogen-bond acceptors (Lipinski definition) is 1. The quantitative estimate of drug-likeness (QED) is 0.517. The van der Waals surface area contributed by atoms with E-state index in [9.17, 15) is 0 Å². The van der Waals surface area contributed by atoms with Crippen molar-refractivity contribution >= 4 is 11.4 Å². The average Bonchev–Trinajstić information content (AvgIpc) is 2.50. The summed E-state index contributed by atoms with van der Waals surface area (Å²) in [6.45, 7) is 18.2. The van der Waals surface area contributed by atoms with E-state index in [2.05, 4.69) is 91.8 Å². The number of hydrogen-bond donors (Lipinski definition) is 0. The van der Waals surface area contributed by atoms with Gasteiger partial charge in [0.05, 0.1) is 7.05 Å². The van der Waals surface area contributed by atoms with Gasteiger partial charge in [-0.3, -0.25) is 0 Å². The van der Waals surface area contributed by atoms with E-state index in [0.717, 1.165) is 11.4 Å². The number of benzene rings is 2. The molecule has 1 nitrogen and oxygen atoms in total. The van der Waals surface area contributed by atoms with Gasteiger partial charge >= 0.3 is 0 Å². The Kier molecular flexibility index (Phi) is 3.87. The Morgan fingerprint density at radius 2 is 1.08 bits per heavy atom. The third kappa shape index (κ3) is 2.88. The van der Waals surface area contributed by atoms with Gasteiger partial charge in [-0.05, 0) is 45.2 Å². The minimum absolute atomic E-state index is 0.0803. The lowest BCUT2D eigenvalue weighted by Gasteiger charge is -2.41. The van der Waals surface area contributed by atoms with Crippen LogP contribution in [0.25, 0.3) is 0 Å². The molecule has 2 aromatic carbocycles. The topological polar surface area (TPSA) is 3.24 Å². The molecule has 0 bridgehead atoms. The predicted molar refractivity (Wildman–Crippen MR) is 109 cm³/mol. The monoisotopic (exact) mass is 333 g/mol. The Morgan fingerprint density at radius 3 is 1.40 bits per heavy atom. The molecule has 0 amide bonds.